The lowest BCUT2D eigenvalue weighted by molar-refractivity contribution is -0.152. The Morgan fingerprint density at radius 3 is 2.05 bits per heavy atom. The van der Waals surface area contributed by atoms with Crippen LogP contribution >= 0.6 is 0 Å². The SMILES string of the molecule is O=C1CC[C@H](N2C(=O)[C@@H]3[C@H]4CC[C@@H](C4)[C@H]3C2=O)C(=O)N1. The van der Waals surface area contributed by atoms with Crippen LogP contribution in [0.5, 0.6) is 0 Å². The number of carbonyl (C=O) groups excluding carboxylic acids is 4. The van der Waals surface area contributed by atoms with E-state index in [1.54, 1.807) is 0 Å². The number of amides is 4. The maximum atomic E-state index is 12.6. The Morgan fingerprint density at radius 2 is 1.50 bits per heavy atom. The van der Waals surface area contributed by atoms with E-state index in [-0.39, 0.29) is 42.4 Å². The molecular weight excluding hydrogens is 260 g/mol. The van der Waals surface area contributed by atoms with Gasteiger partial charge in [0, 0.05) is 6.42 Å². The molecule has 4 amide bonds. The van der Waals surface area contributed by atoms with Crippen molar-refractivity contribution in [3.05, 3.63) is 0 Å². The Labute approximate surface area is 115 Å². The molecule has 0 radical (unpaired) electrons. The van der Waals surface area contributed by atoms with Gasteiger partial charge in [0.1, 0.15) is 6.04 Å². The summed E-state index contributed by atoms with van der Waals surface area (Å²) in [5.74, 6) is -0.956. The fraction of sp³-hybridized carbons (Fsp3) is 0.714. The third-order valence-corrected chi connectivity index (χ3v) is 5.48. The molecule has 1 N–H and O–H groups in total. The summed E-state index contributed by atoms with van der Waals surface area (Å²) in [5.41, 5.74) is 0. The lowest BCUT2D eigenvalue weighted by Gasteiger charge is -2.29. The number of rotatable bonds is 1. The van der Waals surface area contributed by atoms with Crippen molar-refractivity contribution in [1.29, 1.82) is 0 Å². The number of carbonyl (C=O) groups is 4. The fourth-order valence-electron chi connectivity index (χ4n) is 4.67. The summed E-state index contributed by atoms with van der Waals surface area (Å²) < 4.78 is 0. The molecular formula is C14H16N2O4. The highest BCUT2D eigenvalue weighted by atomic mass is 16.2. The van der Waals surface area contributed by atoms with Gasteiger partial charge >= 0.3 is 0 Å². The quantitative estimate of drug-likeness (QED) is 0.674. The third-order valence-electron chi connectivity index (χ3n) is 5.48. The minimum atomic E-state index is -0.780. The minimum absolute atomic E-state index is 0.179. The van der Waals surface area contributed by atoms with Crippen molar-refractivity contribution in [2.45, 2.75) is 38.1 Å². The zero-order valence-corrected chi connectivity index (χ0v) is 11.0. The monoisotopic (exact) mass is 276 g/mol. The maximum absolute atomic E-state index is 12.6. The van der Waals surface area contributed by atoms with Gasteiger partial charge in [0.05, 0.1) is 11.8 Å². The molecule has 5 atom stereocenters. The molecule has 0 aromatic rings. The predicted molar refractivity (Wildman–Crippen MR) is 65.8 cm³/mol. The van der Waals surface area contributed by atoms with Gasteiger partial charge in [-0.1, -0.05) is 0 Å². The Bertz CT molecular complexity index is 515. The average Bonchev–Trinajstić information content (AvgIpc) is 3.06. The van der Waals surface area contributed by atoms with Gasteiger partial charge < -0.3 is 0 Å². The van der Waals surface area contributed by atoms with E-state index in [2.05, 4.69) is 5.32 Å². The third kappa shape index (κ3) is 1.39. The number of likely N-dealkylation sites (tertiary alicyclic amines) is 1. The fourth-order valence-corrected chi connectivity index (χ4v) is 4.67. The molecule has 2 aliphatic carbocycles. The summed E-state index contributed by atoms with van der Waals surface area (Å²) in [6, 6.07) is -0.780. The highest BCUT2D eigenvalue weighted by Crippen LogP contribution is 2.56. The smallest absolute Gasteiger partial charge is 0.249 e. The molecule has 20 heavy (non-hydrogen) atoms. The van der Waals surface area contributed by atoms with Crippen molar-refractivity contribution in [2.75, 3.05) is 0 Å². The van der Waals surface area contributed by atoms with Crippen LogP contribution in [0.2, 0.25) is 0 Å². The number of nitrogens with one attached hydrogen (secondary N) is 1. The summed E-state index contributed by atoms with van der Waals surface area (Å²) in [6.07, 6.45) is 3.48. The van der Waals surface area contributed by atoms with Crippen LogP contribution in [0.4, 0.5) is 0 Å². The summed E-state index contributed by atoms with van der Waals surface area (Å²) in [6.45, 7) is 0. The van der Waals surface area contributed by atoms with E-state index in [9.17, 15) is 19.2 Å². The Morgan fingerprint density at radius 1 is 0.900 bits per heavy atom. The summed E-state index contributed by atoms with van der Waals surface area (Å²) >= 11 is 0. The van der Waals surface area contributed by atoms with E-state index >= 15 is 0 Å². The molecule has 2 saturated heterocycles. The molecule has 0 unspecified atom stereocenters. The molecule has 6 heteroatoms. The molecule has 6 nitrogen and oxygen atoms in total. The van der Waals surface area contributed by atoms with Crippen molar-refractivity contribution in [1.82, 2.24) is 10.2 Å². The first-order valence-electron chi connectivity index (χ1n) is 7.28. The summed E-state index contributed by atoms with van der Waals surface area (Å²) in [5, 5.41) is 2.23. The molecule has 106 valence electrons. The van der Waals surface area contributed by atoms with Crippen molar-refractivity contribution >= 4 is 23.6 Å². The van der Waals surface area contributed by atoms with Crippen LogP contribution in [-0.4, -0.2) is 34.6 Å². The number of nitrogens with zero attached hydrogens (tertiary/aromatic N) is 1. The van der Waals surface area contributed by atoms with Gasteiger partial charge in [-0.25, -0.2) is 0 Å². The molecule has 4 aliphatic rings. The van der Waals surface area contributed by atoms with Crippen molar-refractivity contribution in [3.8, 4) is 0 Å². The van der Waals surface area contributed by atoms with Crippen molar-refractivity contribution in [3.63, 3.8) is 0 Å². The van der Waals surface area contributed by atoms with Crippen LogP contribution < -0.4 is 5.32 Å². The average molecular weight is 276 g/mol. The number of piperidine rings is 1. The lowest BCUT2D eigenvalue weighted by atomic mass is 9.81. The molecule has 2 heterocycles. The van der Waals surface area contributed by atoms with Crippen molar-refractivity contribution in [2.24, 2.45) is 23.7 Å². The molecule has 0 spiro atoms. The van der Waals surface area contributed by atoms with Crippen LogP contribution in [0.25, 0.3) is 0 Å². The van der Waals surface area contributed by atoms with Gasteiger partial charge in [-0.05, 0) is 37.5 Å². The first kappa shape index (κ1) is 12.1. The first-order valence-corrected chi connectivity index (χ1v) is 7.28. The van der Waals surface area contributed by atoms with E-state index in [1.807, 2.05) is 0 Å². The molecule has 2 saturated carbocycles. The van der Waals surface area contributed by atoms with Crippen molar-refractivity contribution < 1.29 is 19.2 Å². The highest BCUT2D eigenvalue weighted by Gasteiger charge is 2.62. The molecule has 4 fully saturated rings. The normalized spacial score (nSPS) is 43.2. The molecule has 4 rings (SSSR count). The second kappa shape index (κ2) is 3.90. The summed E-state index contributed by atoms with van der Waals surface area (Å²) in [7, 11) is 0. The second-order valence-corrected chi connectivity index (χ2v) is 6.40. The Kier molecular flexibility index (Phi) is 2.35. The van der Waals surface area contributed by atoms with E-state index in [4.69, 9.17) is 0 Å². The number of fused-ring (bicyclic) bond motifs is 5. The van der Waals surface area contributed by atoms with Crippen LogP contribution in [0.3, 0.4) is 0 Å². The van der Waals surface area contributed by atoms with Crippen LogP contribution in [0, 0.1) is 23.7 Å². The van der Waals surface area contributed by atoms with Crippen LogP contribution in [-0.2, 0) is 19.2 Å². The molecule has 0 aromatic heterocycles. The van der Waals surface area contributed by atoms with E-state index in [1.165, 1.54) is 4.90 Å². The van der Waals surface area contributed by atoms with Gasteiger partial charge in [-0.15, -0.1) is 0 Å². The van der Waals surface area contributed by atoms with Gasteiger partial charge in [0.15, 0.2) is 0 Å². The largest absolute Gasteiger partial charge is 0.295 e. The standard InChI is InChI=1S/C14H16N2O4/c17-9-4-3-8(12(18)15-9)16-13(19)10-6-1-2-7(5-6)11(10)14(16)20/h6-8,10-11H,1-5H2,(H,15,17,18)/t6-,7-,8-,10+,11+/m0/s1. The Hall–Kier alpha value is -1.72. The molecule has 0 aromatic carbocycles. The topological polar surface area (TPSA) is 83.6 Å². The van der Waals surface area contributed by atoms with E-state index < -0.39 is 11.9 Å². The van der Waals surface area contributed by atoms with Gasteiger partial charge in [0.2, 0.25) is 23.6 Å². The maximum Gasteiger partial charge on any atom is 0.249 e. The second-order valence-electron chi connectivity index (χ2n) is 6.40. The zero-order chi connectivity index (χ0) is 14.0. The number of hydrogen-bond acceptors (Lipinski definition) is 4. The van der Waals surface area contributed by atoms with Crippen LogP contribution in [0.15, 0.2) is 0 Å². The van der Waals surface area contributed by atoms with Crippen LogP contribution in [0.1, 0.15) is 32.1 Å². The number of imide groups is 2. The lowest BCUT2D eigenvalue weighted by Crippen LogP contribution is -2.54. The minimum Gasteiger partial charge on any atom is -0.295 e. The van der Waals surface area contributed by atoms with E-state index in [0.29, 0.717) is 11.8 Å². The predicted octanol–water partition coefficient (Wildman–Crippen LogP) is -0.177. The van der Waals surface area contributed by atoms with Gasteiger partial charge in [-0.3, -0.25) is 29.4 Å². The molecule has 2 bridgehead atoms. The molecule has 2 aliphatic heterocycles. The highest BCUT2D eigenvalue weighted by molar-refractivity contribution is 6.11. The zero-order valence-electron chi connectivity index (χ0n) is 11.0. The van der Waals surface area contributed by atoms with Gasteiger partial charge in [-0.2, -0.15) is 0 Å². The van der Waals surface area contributed by atoms with Gasteiger partial charge in [0.25, 0.3) is 0 Å². The number of hydrogen-bond donors (Lipinski definition) is 1. The van der Waals surface area contributed by atoms with E-state index in [0.717, 1.165) is 19.3 Å². The Balaban J connectivity index is 1.64. The summed E-state index contributed by atoms with van der Waals surface area (Å²) in [4.78, 5) is 49.4. The first-order chi connectivity index (χ1) is 9.58.